The highest BCUT2D eigenvalue weighted by molar-refractivity contribution is 5.89. The van der Waals surface area contributed by atoms with Crippen LogP contribution in [-0.2, 0) is 5.41 Å². The fourth-order valence-electron chi connectivity index (χ4n) is 2.37. The molecule has 0 aliphatic carbocycles. The van der Waals surface area contributed by atoms with Crippen LogP contribution in [0.5, 0.6) is 11.5 Å². The van der Waals surface area contributed by atoms with Crippen LogP contribution in [0.3, 0.4) is 0 Å². The summed E-state index contributed by atoms with van der Waals surface area (Å²) in [5.41, 5.74) is 1.22. The monoisotopic (exact) mass is 346 g/mol. The molecule has 2 N–H and O–H groups in total. The molecule has 2 aromatic carbocycles. The molecule has 0 saturated carbocycles. The maximum Gasteiger partial charge on any atom is 0.319 e. The Bertz CT molecular complexity index is 730. The Hall–Kier alpha value is -2.76. The van der Waals surface area contributed by atoms with Crippen LogP contribution in [-0.4, -0.2) is 26.8 Å². The average Bonchev–Trinajstić information content (AvgIpc) is 2.61. The summed E-state index contributed by atoms with van der Waals surface area (Å²) >= 11 is 0. The lowest BCUT2D eigenvalue weighted by molar-refractivity contribution is 0.249. The molecule has 5 nitrogen and oxygen atoms in total. The van der Waals surface area contributed by atoms with Crippen LogP contribution in [0.4, 0.5) is 14.9 Å². The van der Waals surface area contributed by atoms with Crippen molar-refractivity contribution in [2.75, 3.05) is 26.1 Å². The zero-order valence-electron chi connectivity index (χ0n) is 14.9. The standard InChI is InChI=1S/C19H23FN2O3/c1-19(2,13-5-10-16(24-3)17(11-13)25-4)12-21-18(23)22-15-8-6-14(20)7-9-15/h5-11H,12H2,1-4H3,(H2,21,22,23). The van der Waals surface area contributed by atoms with Crippen LogP contribution < -0.4 is 20.1 Å². The van der Waals surface area contributed by atoms with Crippen LogP contribution in [0.15, 0.2) is 42.5 Å². The van der Waals surface area contributed by atoms with Crippen LogP contribution in [0.25, 0.3) is 0 Å². The van der Waals surface area contributed by atoms with Gasteiger partial charge in [0, 0.05) is 17.6 Å². The minimum Gasteiger partial charge on any atom is -0.493 e. The van der Waals surface area contributed by atoms with E-state index in [4.69, 9.17) is 9.47 Å². The summed E-state index contributed by atoms with van der Waals surface area (Å²) in [7, 11) is 3.17. The third kappa shape index (κ3) is 4.86. The lowest BCUT2D eigenvalue weighted by Gasteiger charge is -2.26. The largest absolute Gasteiger partial charge is 0.493 e. The molecule has 0 bridgehead atoms. The summed E-state index contributed by atoms with van der Waals surface area (Å²) in [4.78, 5) is 12.0. The van der Waals surface area contributed by atoms with Crippen molar-refractivity contribution in [3.05, 3.63) is 53.8 Å². The van der Waals surface area contributed by atoms with E-state index in [0.29, 0.717) is 23.7 Å². The third-order valence-corrected chi connectivity index (χ3v) is 3.96. The van der Waals surface area contributed by atoms with E-state index in [-0.39, 0.29) is 17.3 Å². The van der Waals surface area contributed by atoms with Crippen LogP contribution in [0, 0.1) is 5.82 Å². The summed E-state index contributed by atoms with van der Waals surface area (Å²) in [6.45, 7) is 4.45. The third-order valence-electron chi connectivity index (χ3n) is 3.96. The molecule has 0 heterocycles. The number of carbonyl (C=O) groups is 1. The lowest BCUT2D eigenvalue weighted by Crippen LogP contribution is -2.39. The van der Waals surface area contributed by atoms with Gasteiger partial charge in [0.15, 0.2) is 11.5 Å². The molecular formula is C19H23FN2O3. The Morgan fingerprint density at radius 3 is 2.28 bits per heavy atom. The Morgan fingerprint density at radius 2 is 1.68 bits per heavy atom. The molecule has 2 aromatic rings. The number of amides is 2. The minimum atomic E-state index is -0.347. The van der Waals surface area contributed by atoms with Gasteiger partial charge in [0.1, 0.15) is 5.82 Å². The van der Waals surface area contributed by atoms with E-state index >= 15 is 0 Å². The van der Waals surface area contributed by atoms with Crippen molar-refractivity contribution in [2.24, 2.45) is 0 Å². The molecule has 0 atom stereocenters. The van der Waals surface area contributed by atoms with E-state index in [0.717, 1.165) is 5.56 Å². The second kappa shape index (κ2) is 7.88. The van der Waals surface area contributed by atoms with Crippen molar-refractivity contribution in [3.8, 4) is 11.5 Å². The predicted octanol–water partition coefficient (Wildman–Crippen LogP) is 3.94. The molecular weight excluding hydrogens is 323 g/mol. The van der Waals surface area contributed by atoms with Crippen molar-refractivity contribution in [3.63, 3.8) is 0 Å². The van der Waals surface area contributed by atoms with Crippen molar-refractivity contribution in [2.45, 2.75) is 19.3 Å². The quantitative estimate of drug-likeness (QED) is 0.833. The highest BCUT2D eigenvalue weighted by Crippen LogP contribution is 2.32. The Labute approximate surface area is 147 Å². The van der Waals surface area contributed by atoms with Gasteiger partial charge in [-0.15, -0.1) is 0 Å². The number of halogens is 1. The smallest absolute Gasteiger partial charge is 0.319 e. The highest BCUT2D eigenvalue weighted by Gasteiger charge is 2.23. The topological polar surface area (TPSA) is 59.6 Å². The molecule has 0 radical (unpaired) electrons. The maximum absolute atomic E-state index is 12.9. The van der Waals surface area contributed by atoms with Crippen molar-refractivity contribution in [1.82, 2.24) is 5.32 Å². The number of hydrogen-bond donors (Lipinski definition) is 2. The highest BCUT2D eigenvalue weighted by atomic mass is 19.1. The summed E-state index contributed by atoms with van der Waals surface area (Å²) in [6, 6.07) is 10.9. The molecule has 0 unspecified atom stereocenters. The van der Waals surface area contributed by atoms with Crippen molar-refractivity contribution in [1.29, 1.82) is 0 Å². The molecule has 0 aliphatic heterocycles. The Kier molecular flexibility index (Phi) is 5.85. The first-order chi connectivity index (χ1) is 11.9. The maximum atomic E-state index is 12.9. The van der Waals surface area contributed by atoms with Gasteiger partial charge in [-0.3, -0.25) is 0 Å². The molecule has 2 rings (SSSR count). The van der Waals surface area contributed by atoms with Crippen LogP contribution >= 0.6 is 0 Å². The SMILES string of the molecule is COc1ccc(C(C)(C)CNC(=O)Nc2ccc(F)cc2)cc1OC. The minimum absolute atomic E-state index is 0.320. The van der Waals surface area contributed by atoms with E-state index in [1.807, 2.05) is 32.0 Å². The van der Waals surface area contributed by atoms with Gasteiger partial charge in [0.2, 0.25) is 0 Å². The first-order valence-electron chi connectivity index (χ1n) is 7.88. The number of nitrogens with one attached hydrogen (secondary N) is 2. The number of ether oxygens (including phenoxy) is 2. The number of rotatable bonds is 6. The van der Waals surface area contributed by atoms with Crippen LogP contribution in [0.2, 0.25) is 0 Å². The molecule has 6 heteroatoms. The molecule has 2 amide bonds. The first kappa shape index (κ1) is 18.6. The van der Waals surface area contributed by atoms with Gasteiger partial charge < -0.3 is 20.1 Å². The number of urea groups is 1. The molecule has 0 saturated heterocycles. The van der Waals surface area contributed by atoms with Gasteiger partial charge in [-0.1, -0.05) is 19.9 Å². The van der Waals surface area contributed by atoms with Gasteiger partial charge in [-0.25, -0.2) is 9.18 Å². The summed E-state index contributed by atoms with van der Waals surface area (Å²) in [5, 5.41) is 5.51. The zero-order chi connectivity index (χ0) is 18.4. The fourth-order valence-corrected chi connectivity index (χ4v) is 2.37. The second-order valence-electron chi connectivity index (χ2n) is 6.27. The number of methoxy groups -OCH3 is 2. The molecule has 0 fully saturated rings. The second-order valence-corrected chi connectivity index (χ2v) is 6.27. The van der Waals surface area contributed by atoms with E-state index in [1.54, 1.807) is 14.2 Å². The molecule has 0 spiro atoms. The lowest BCUT2D eigenvalue weighted by atomic mass is 9.84. The Balaban J connectivity index is 2.00. The van der Waals surface area contributed by atoms with E-state index in [2.05, 4.69) is 10.6 Å². The number of carbonyl (C=O) groups excluding carboxylic acids is 1. The normalized spacial score (nSPS) is 10.9. The van der Waals surface area contributed by atoms with Gasteiger partial charge in [0.05, 0.1) is 14.2 Å². The van der Waals surface area contributed by atoms with E-state index in [1.165, 1.54) is 24.3 Å². The summed E-state index contributed by atoms with van der Waals surface area (Å²) in [5.74, 6) is 0.952. The van der Waals surface area contributed by atoms with E-state index in [9.17, 15) is 9.18 Å². The average molecular weight is 346 g/mol. The number of anilines is 1. The van der Waals surface area contributed by atoms with Crippen molar-refractivity contribution >= 4 is 11.7 Å². The van der Waals surface area contributed by atoms with Gasteiger partial charge in [-0.05, 0) is 42.0 Å². The van der Waals surface area contributed by atoms with Gasteiger partial charge in [0.25, 0.3) is 0 Å². The number of benzene rings is 2. The van der Waals surface area contributed by atoms with Crippen molar-refractivity contribution < 1.29 is 18.7 Å². The predicted molar refractivity (Wildman–Crippen MR) is 96.0 cm³/mol. The zero-order valence-corrected chi connectivity index (χ0v) is 14.9. The summed E-state index contributed by atoms with van der Waals surface area (Å²) in [6.07, 6.45) is 0. The van der Waals surface area contributed by atoms with Gasteiger partial charge >= 0.3 is 6.03 Å². The molecule has 134 valence electrons. The Morgan fingerprint density at radius 1 is 1.04 bits per heavy atom. The molecule has 0 aliphatic rings. The molecule has 25 heavy (non-hydrogen) atoms. The molecule has 0 aromatic heterocycles. The fraction of sp³-hybridized carbons (Fsp3) is 0.316. The van der Waals surface area contributed by atoms with Crippen LogP contribution in [0.1, 0.15) is 19.4 Å². The van der Waals surface area contributed by atoms with Gasteiger partial charge in [-0.2, -0.15) is 0 Å². The summed E-state index contributed by atoms with van der Waals surface area (Å²) < 4.78 is 23.5. The number of hydrogen-bond acceptors (Lipinski definition) is 3. The van der Waals surface area contributed by atoms with E-state index < -0.39 is 0 Å². The first-order valence-corrected chi connectivity index (χ1v) is 7.88.